The van der Waals surface area contributed by atoms with Crippen LogP contribution in [0.1, 0.15) is 61.9 Å². The van der Waals surface area contributed by atoms with Crippen molar-refractivity contribution in [2.45, 2.75) is 52.4 Å². The molecule has 0 saturated carbocycles. The van der Waals surface area contributed by atoms with Gasteiger partial charge in [0.1, 0.15) is 0 Å². The molecule has 0 aliphatic carbocycles. The van der Waals surface area contributed by atoms with Gasteiger partial charge >= 0.3 is 0 Å². The van der Waals surface area contributed by atoms with E-state index in [1.54, 1.807) is 0 Å². The van der Waals surface area contributed by atoms with Crippen molar-refractivity contribution in [3.63, 3.8) is 0 Å². The summed E-state index contributed by atoms with van der Waals surface area (Å²) < 4.78 is 0. The van der Waals surface area contributed by atoms with Gasteiger partial charge in [-0.05, 0) is 43.0 Å². The molecule has 0 aliphatic rings. The molecule has 3 N–H and O–H groups in total. The second-order valence-corrected chi connectivity index (χ2v) is 6.09. The topological polar surface area (TPSA) is 55.1 Å². The highest BCUT2D eigenvalue weighted by atomic mass is 16.1. The smallest absolute Gasteiger partial charge is 0.251 e. The van der Waals surface area contributed by atoms with Crippen LogP contribution in [-0.2, 0) is 6.42 Å². The molecule has 0 aliphatic heterocycles. The minimum Gasteiger partial charge on any atom is -0.352 e. The van der Waals surface area contributed by atoms with Crippen LogP contribution in [0.5, 0.6) is 0 Å². The van der Waals surface area contributed by atoms with Crippen LogP contribution < -0.4 is 11.1 Å². The van der Waals surface area contributed by atoms with E-state index < -0.39 is 0 Å². The average Bonchev–Trinajstić information content (AvgIpc) is 2.46. The standard InChI is InChI=1S/C18H30N2O/c1-15(2)8-5-3-4-6-13-20-18(21)17-10-7-9-16(14-17)11-12-19/h7,9-10,14-15H,3-6,8,11-13,19H2,1-2H3,(H,20,21). The number of nitrogens with two attached hydrogens (primary N) is 1. The second-order valence-electron chi connectivity index (χ2n) is 6.09. The molecule has 0 saturated heterocycles. The number of hydrogen-bond donors (Lipinski definition) is 2. The van der Waals surface area contributed by atoms with E-state index in [0.29, 0.717) is 6.54 Å². The lowest BCUT2D eigenvalue weighted by molar-refractivity contribution is 0.0953. The number of rotatable bonds is 10. The number of unbranched alkanes of at least 4 members (excludes halogenated alkanes) is 3. The van der Waals surface area contributed by atoms with Crippen molar-refractivity contribution in [1.29, 1.82) is 0 Å². The van der Waals surface area contributed by atoms with Gasteiger partial charge < -0.3 is 11.1 Å². The Bertz CT molecular complexity index is 415. The summed E-state index contributed by atoms with van der Waals surface area (Å²) in [5.74, 6) is 0.821. The Hall–Kier alpha value is -1.35. The fraction of sp³-hybridized carbons (Fsp3) is 0.611. The van der Waals surface area contributed by atoms with Gasteiger partial charge in [0.15, 0.2) is 0 Å². The van der Waals surface area contributed by atoms with Gasteiger partial charge in [-0.1, -0.05) is 51.7 Å². The van der Waals surface area contributed by atoms with Crippen LogP contribution >= 0.6 is 0 Å². The van der Waals surface area contributed by atoms with Crippen LogP contribution in [0.2, 0.25) is 0 Å². The van der Waals surface area contributed by atoms with Crippen LogP contribution in [0.3, 0.4) is 0 Å². The van der Waals surface area contributed by atoms with E-state index in [-0.39, 0.29) is 5.91 Å². The largest absolute Gasteiger partial charge is 0.352 e. The third kappa shape index (κ3) is 7.86. The fourth-order valence-corrected chi connectivity index (χ4v) is 2.37. The third-order valence-electron chi connectivity index (χ3n) is 3.62. The molecule has 0 aromatic heterocycles. The summed E-state index contributed by atoms with van der Waals surface area (Å²) in [5, 5.41) is 3.00. The lowest BCUT2D eigenvalue weighted by Gasteiger charge is -2.07. The molecule has 0 spiro atoms. The number of carbonyl (C=O) groups excluding carboxylic acids is 1. The zero-order valence-electron chi connectivity index (χ0n) is 13.5. The van der Waals surface area contributed by atoms with E-state index in [0.717, 1.165) is 36.4 Å². The van der Waals surface area contributed by atoms with Gasteiger partial charge in [-0.2, -0.15) is 0 Å². The lowest BCUT2D eigenvalue weighted by atomic mass is 10.0. The molecule has 0 radical (unpaired) electrons. The number of benzene rings is 1. The maximum Gasteiger partial charge on any atom is 0.251 e. The van der Waals surface area contributed by atoms with Crippen LogP contribution in [0, 0.1) is 5.92 Å². The van der Waals surface area contributed by atoms with Crippen molar-refractivity contribution in [3.8, 4) is 0 Å². The van der Waals surface area contributed by atoms with Crippen molar-refractivity contribution in [2.24, 2.45) is 11.7 Å². The number of nitrogens with one attached hydrogen (secondary N) is 1. The predicted octanol–water partition coefficient (Wildman–Crippen LogP) is 3.52. The van der Waals surface area contributed by atoms with Gasteiger partial charge in [0.05, 0.1) is 0 Å². The number of amides is 1. The fourth-order valence-electron chi connectivity index (χ4n) is 2.37. The minimum absolute atomic E-state index is 0.0241. The summed E-state index contributed by atoms with van der Waals surface area (Å²) in [7, 11) is 0. The summed E-state index contributed by atoms with van der Waals surface area (Å²) in [5.41, 5.74) is 7.40. The summed E-state index contributed by atoms with van der Waals surface area (Å²) in [4.78, 5) is 12.0. The molecule has 0 atom stereocenters. The highest BCUT2D eigenvalue weighted by molar-refractivity contribution is 5.94. The molecule has 1 aromatic carbocycles. The molecule has 1 aromatic rings. The maximum atomic E-state index is 12.0. The molecule has 118 valence electrons. The molecule has 0 unspecified atom stereocenters. The van der Waals surface area contributed by atoms with E-state index in [1.165, 1.54) is 25.7 Å². The Morgan fingerprint density at radius 1 is 1.19 bits per heavy atom. The van der Waals surface area contributed by atoms with E-state index in [9.17, 15) is 4.79 Å². The molecule has 0 fully saturated rings. The minimum atomic E-state index is 0.0241. The maximum absolute atomic E-state index is 12.0. The molecule has 1 amide bonds. The molecule has 21 heavy (non-hydrogen) atoms. The van der Waals surface area contributed by atoms with Gasteiger partial charge in [-0.25, -0.2) is 0 Å². The van der Waals surface area contributed by atoms with Gasteiger partial charge in [0, 0.05) is 12.1 Å². The molecule has 0 heterocycles. The van der Waals surface area contributed by atoms with Crippen LogP contribution in [0.4, 0.5) is 0 Å². The zero-order valence-corrected chi connectivity index (χ0v) is 13.5. The first-order chi connectivity index (χ1) is 10.1. The Balaban J connectivity index is 2.20. The highest BCUT2D eigenvalue weighted by Crippen LogP contribution is 2.09. The van der Waals surface area contributed by atoms with E-state index in [1.807, 2.05) is 24.3 Å². The molecule has 3 nitrogen and oxygen atoms in total. The first-order valence-corrected chi connectivity index (χ1v) is 8.20. The van der Waals surface area contributed by atoms with Crippen LogP contribution in [-0.4, -0.2) is 19.0 Å². The first-order valence-electron chi connectivity index (χ1n) is 8.20. The van der Waals surface area contributed by atoms with E-state index in [2.05, 4.69) is 19.2 Å². The normalized spacial score (nSPS) is 10.9. The molecule has 0 bridgehead atoms. The van der Waals surface area contributed by atoms with Crippen molar-refractivity contribution in [1.82, 2.24) is 5.32 Å². The predicted molar refractivity (Wildman–Crippen MR) is 89.5 cm³/mol. The van der Waals surface area contributed by atoms with Crippen LogP contribution in [0.15, 0.2) is 24.3 Å². The summed E-state index contributed by atoms with van der Waals surface area (Å²) >= 11 is 0. The molecular formula is C18H30N2O. The monoisotopic (exact) mass is 290 g/mol. The van der Waals surface area contributed by atoms with E-state index >= 15 is 0 Å². The Kier molecular flexibility index (Phi) is 8.76. The van der Waals surface area contributed by atoms with Crippen molar-refractivity contribution >= 4 is 5.91 Å². The van der Waals surface area contributed by atoms with Gasteiger partial charge in [-0.3, -0.25) is 4.79 Å². The van der Waals surface area contributed by atoms with Gasteiger partial charge in [0.2, 0.25) is 0 Å². The van der Waals surface area contributed by atoms with E-state index in [4.69, 9.17) is 5.73 Å². The highest BCUT2D eigenvalue weighted by Gasteiger charge is 2.05. The molecular weight excluding hydrogens is 260 g/mol. The average molecular weight is 290 g/mol. The van der Waals surface area contributed by atoms with Gasteiger partial charge in [0.25, 0.3) is 5.91 Å². The Labute approximate surface area is 129 Å². The number of hydrogen-bond acceptors (Lipinski definition) is 2. The van der Waals surface area contributed by atoms with Gasteiger partial charge in [-0.15, -0.1) is 0 Å². The summed E-state index contributed by atoms with van der Waals surface area (Å²) in [6, 6.07) is 7.73. The zero-order chi connectivity index (χ0) is 15.5. The lowest BCUT2D eigenvalue weighted by Crippen LogP contribution is -2.24. The van der Waals surface area contributed by atoms with Crippen molar-refractivity contribution < 1.29 is 4.79 Å². The quantitative estimate of drug-likeness (QED) is 0.648. The molecule has 1 rings (SSSR count). The van der Waals surface area contributed by atoms with Crippen molar-refractivity contribution in [3.05, 3.63) is 35.4 Å². The summed E-state index contributed by atoms with van der Waals surface area (Å²) in [6.07, 6.45) is 6.94. The summed E-state index contributed by atoms with van der Waals surface area (Å²) in [6.45, 7) is 5.90. The Morgan fingerprint density at radius 3 is 2.67 bits per heavy atom. The molecule has 3 heteroatoms. The first kappa shape index (κ1) is 17.7. The third-order valence-corrected chi connectivity index (χ3v) is 3.62. The second kappa shape index (κ2) is 10.4. The number of carbonyl (C=O) groups is 1. The Morgan fingerprint density at radius 2 is 1.95 bits per heavy atom. The SMILES string of the molecule is CC(C)CCCCCCNC(=O)c1cccc(CCN)c1. The van der Waals surface area contributed by atoms with Crippen molar-refractivity contribution in [2.75, 3.05) is 13.1 Å². The van der Waals surface area contributed by atoms with Crippen LogP contribution in [0.25, 0.3) is 0 Å².